The maximum absolute atomic E-state index is 12.8. The van der Waals surface area contributed by atoms with E-state index in [1.165, 1.54) is 6.26 Å². The van der Waals surface area contributed by atoms with Gasteiger partial charge in [-0.05, 0) is 42.7 Å². The van der Waals surface area contributed by atoms with E-state index in [1.807, 2.05) is 21.1 Å². The number of benzene rings is 1. The molecule has 0 bridgehead atoms. The second-order valence-electron chi connectivity index (χ2n) is 7.30. The first-order valence-electron chi connectivity index (χ1n) is 9.29. The van der Waals surface area contributed by atoms with Crippen LogP contribution in [0.2, 0.25) is 0 Å². The molecule has 144 valence electrons. The van der Waals surface area contributed by atoms with Crippen LogP contribution in [-0.2, 0) is 11.3 Å². The normalized spacial score (nSPS) is 14.9. The van der Waals surface area contributed by atoms with Crippen molar-refractivity contribution < 1.29 is 14.0 Å². The molecule has 1 aliphatic heterocycles. The lowest BCUT2D eigenvalue weighted by Gasteiger charge is -2.32. The molecule has 0 unspecified atom stereocenters. The second kappa shape index (κ2) is 8.29. The van der Waals surface area contributed by atoms with Crippen molar-refractivity contribution in [3.8, 4) is 0 Å². The molecule has 2 amide bonds. The smallest absolute Gasteiger partial charge is 0.289 e. The van der Waals surface area contributed by atoms with Gasteiger partial charge in [0.1, 0.15) is 0 Å². The number of furan rings is 1. The number of carbonyl (C=O) groups excluding carboxylic acids is 2. The highest BCUT2D eigenvalue weighted by atomic mass is 16.3. The lowest BCUT2D eigenvalue weighted by molar-refractivity contribution is -0.136. The molecule has 6 heteroatoms. The average Bonchev–Trinajstić information content (AvgIpc) is 3.22. The number of amides is 2. The van der Waals surface area contributed by atoms with E-state index in [9.17, 15) is 9.59 Å². The van der Waals surface area contributed by atoms with Crippen LogP contribution < -0.4 is 4.90 Å². The summed E-state index contributed by atoms with van der Waals surface area (Å²) in [5, 5.41) is 0. The summed E-state index contributed by atoms with van der Waals surface area (Å²) in [5.74, 6) is 0.381. The Morgan fingerprint density at radius 2 is 1.74 bits per heavy atom. The van der Waals surface area contributed by atoms with Gasteiger partial charge in [0.25, 0.3) is 5.91 Å². The number of likely N-dealkylation sites (tertiary alicyclic amines) is 1. The molecule has 0 atom stereocenters. The third-order valence-electron chi connectivity index (χ3n) is 5.11. The van der Waals surface area contributed by atoms with Gasteiger partial charge in [0.2, 0.25) is 5.91 Å². The van der Waals surface area contributed by atoms with Gasteiger partial charge < -0.3 is 19.1 Å². The average molecular weight is 369 g/mol. The first kappa shape index (κ1) is 19.0. The molecule has 0 N–H and O–H groups in total. The summed E-state index contributed by atoms with van der Waals surface area (Å²) in [7, 11) is 5.86. The van der Waals surface area contributed by atoms with Crippen LogP contribution >= 0.6 is 0 Å². The minimum Gasteiger partial charge on any atom is -0.459 e. The zero-order chi connectivity index (χ0) is 19.4. The van der Waals surface area contributed by atoms with Crippen LogP contribution in [0.5, 0.6) is 0 Å². The van der Waals surface area contributed by atoms with Crippen LogP contribution in [-0.4, -0.2) is 55.8 Å². The molecule has 2 heterocycles. The SMILES string of the molecule is CN(Cc1ccc(N(C)C)cc1)C(=O)C1CCN(C(=O)c2ccco2)CC1. The third kappa shape index (κ3) is 4.51. The van der Waals surface area contributed by atoms with E-state index in [-0.39, 0.29) is 17.7 Å². The fourth-order valence-electron chi connectivity index (χ4n) is 3.45. The summed E-state index contributed by atoms with van der Waals surface area (Å²) in [4.78, 5) is 30.7. The lowest BCUT2D eigenvalue weighted by atomic mass is 9.95. The van der Waals surface area contributed by atoms with Crippen LogP contribution in [0.25, 0.3) is 0 Å². The number of hydrogen-bond donors (Lipinski definition) is 0. The highest BCUT2D eigenvalue weighted by Gasteiger charge is 2.30. The third-order valence-corrected chi connectivity index (χ3v) is 5.11. The van der Waals surface area contributed by atoms with Crippen molar-refractivity contribution in [2.45, 2.75) is 19.4 Å². The number of piperidine rings is 1. The van der Waals surface area contributed by atoms with Crippen molar-refractivity contribution in [2.75, 3.05) is 39.1 Å². The first-order valence-corrected chi connectivity index (χ1v) is 9.29. The molecule has 27 heavy (non-hydrogen) atoms. The van der Waals surface area contributed by atoms with Gasteiger partial charge in [0.15, 0.2) is 5.76 Å². The predicted molar refractivity (Wildman–Crippen MR) is 105 cm³/mol. The van der Waals surface area contributed by atoms with E-state index in [4.69, 9.17) is 4.42 Å². The fraction of sp³-hybridized carbons (Fsp3) is 0.429. The number of anilines is 1. The maximum atomic E-state index is 12.8. The standard InChI is InChI=1S/C21H27N3O3/c1-22(2)18-8-6-16(7-9-18)15-23(3)20(25)17-10-12-24(13-11-17)21(26)19-5-4-14-27-19/h4-9,14,17H,10-13,15H2,1-3H3. The lowest BCUT2D eigenvalue weighted by Crippen LogP contribution is -2.43. The van der Waals surface area contributed by atoms with Gasteiger partial charge in [0.05, 0.1) is 6.26 Å². The summed E-state index contributed by atoms with van der Waals surface area (Å²) in [6.45, 7) is 1.76. The van der Waals surface area contributed by atoms with Crippen LogP contribution in [0.4, 0.5) is 5.69 Å². The molecule has 3 rings (SSSR count). The molecule has 0 saturated carbocycles. The van der Waals surface area contributed by atoms with E-state index < -0.39 is 0 Å². The predicted octanol–water partition coefficient (Wildman–Crippen LogP) is 2.86. The summed E-state index contributed by atoms with van der Waals surface area (Å²) >= 11 is 0. The van der Waals surface area contributed by atoms with Crippen molar-refractivity contribution in [2.24, 2.45) is 5.92 Å². The van der Waals surface area contributed by atoms with Crippen molar-refractivity contribution in [3.05, 3.63) is 54.0 Å². The van der Waals surface area contributed by atoms with Crippen LogP contribution in [0.15, 0.2) is 47.1 Å². The van der Waals surface area contributed by atoms with E-state index >= 15 is 0 Å². The number of nitrogens with zero attached hydrogens (tertiary/aromatic N) is 3. The van der Waals surface area contributed by atoms with E-state index in [2.05, 4.69) is 29.2 Å². The molecule has 0 radical (unpaired) electrons. The number of rotatable bonds is 5. The Bertz CT molecular complexity index is 760. The molecule has 1 aromatic carbocycles. The highest BCUT2D eigenvalue weighted by molar-refractivity contribution is 5.91. The Morgan fingerprint density at radius 1 is 1.07 bits per heavy atom. The Kier molecular flexibility index (Phi) is 5.84. The molecule has 6 nitrogen and oxygen atoms in total. The summed E-state index contributed by atoms with van der Waals surface area (Å²) in [6, 6.07) is 11.6. The molecule has 1 saturated heterocycles. The van der Waals surface area contributed by atoms with Crippen molar-refractivity contribution in [3.63, 3.8) is 0 Å². The van der Waals surface area contributed by atoms with Gasteiger partial charge in [-0.3, -0.25) is 9.59 Å². The van der Waals surface area contributed by atoms with Crippen molar-refractivity contribution >= 4 is 17.5 Å². The summed E-state index contributed by atoms with van der Waals surface area (Å²) < 4.78 is 5.18. The van der Waals surface area contributed by atoms with Crippen LogP contribution in [0.1, 0.15) is 29.0 Å². The minimum atomic E-state index is -0.0970. The molecule has 1 aromatic heterocycles. The largest absolute Gasteiger partial charge is 0.459 e. The van der Waals surface area contributed by atoms with Gasteiger partial charge in [-0.2, -0.15) is 0 Å². The monoisotopic (exact) mass is 369 g/mol. The van der Waals surface area contributed by atoms with Gasteiger partial charge in [-0.25, -0.2) is 0 Å². The molecule has 0 aliphatic carbocycles. The summed E-state index contributed by atoms with van der Waals surface area (Å²) in [5.41, 5.74) is 2.25. The molecule has 1 fully saturated rings. The molecule has 0 spiro atoms. The number of carbonyl (C=O) groups is 2. The molecule has 1 aliphatic rings. The van der Waals surface area contributed by atoms with Crippen LogP contribution in [0.3, 0.4) is 0 Å². The van der Waals surface area contributed by atoms with Gasteiger partial charge >= 0.3 is 0 Å². The van der Waals surface area contributed by atoms with Gasteiger partial charge in [0, 0.05) is 52.4 Å². The van der Waals surface area contributed by atoms with Crippen LogP contribution in [0, 0.1) is 5.92 Å². The fourth-order valence-corrected chi connectivity index (χ4v) is 3.45. The molecular formula is C21H27N3O3. The van der Waals surface area contributed by atoms with Gasteiger partial charge in [-0.1, -0.05) is 12.1 Å². The Balaban J connectivity index is 1.51. The van der Waals surface area contributed by atoms with E-state index in [0.717, 1.165) is 11.3 Å². The van der Waals surface area contributed by atoms with E-state index in [0.29, 0.717) is 38.2 Å². The molecular weight excluding hydrogens is 342 g/mol. The first-order chi connectivity index (χ1) is 13.0. The molecule has 2 aromatic rings. The number of hydrogen-bond acceptors (Lipinski definition) is 4. The minimum absolute atomic E-state index is 0.0308. The van der Waals surface area contributed by atoms with Gasteiger partial charge in [-0.15, -0.1) is 0 Å². The Hall–Kier alpha value is -2.76. The Morgan fingerprint density at radius 3 is 2.30 bits per heavy atom. The van der Waals surface area contributed by atoms with Crippen molar-refractivity contribution in [1.29, 1.82) is 0 Å². The maximum Gasteiger partial charge on any atom is 0.289 e. The topological polar surface area (TPSA) is 57.0 Å². The quantitative estimate of drug-likeness (QED) is 0.813. The Labute approximate surface area is 160 Å². The summed E-state index contributed by atoms with van der Waals surface area (Å²) in [6.07, 6.45) is 2.88. The highest BCUT2D eigenvalue weighted by Crippen LogP contribution is 2.22. The van der Waals surface area contributed by atoms with E-state index in [1.54, 1.807) is 21.9 Å². The zero-order valence-corrected chi connectivity index (χ0v) is 16.2. The van der Waals surface area contributed by atoms with Crippen molar-refractivity contribution in [1.82, 2.24) is 9.80 Å². The zero-order valence-electron chi connectivity index (χ0n) is 16.2. The second-order valence-corrected chi connectivity index (χ2v) is 7.30.